The van der Waals surface area contributed by atoms with Crippen molar-refractivity contribution in [1.82, 2.24) is 10.9 Å². The standard InChI is InChI=1S/C18H17N3O3/c1-12-7-13(2)9-15(8-12)18(23)21-20-17(22)11-24-16-5-3-14(10-19)4-6-16/h3-9H,11H2,1-2H3,(H,20,22)(H,21,23). The molecule has 0 saturated carbocycles. The molecule has 0 aliphatic heterocycles. The number of carbonyl (C=O) groups is 2. The van der Waals surface area contributed by atoms with Gasteiger partial charge in [0.1, 0.15) is 5.75 Å². The van der Waals surface area contributed by atoms with Gasteiger partial charge < -0.3 is 4.74 Å². The molecule has 0 radical (unpaired) electrons. The lowest BCUT2D eigenvalue weighted by Crippen LogP contribution is -2.43. The highest BCUT2D eigenvalue weighted by atomic mass is 16.5. The predicted molar refractivity (Wildman–Crippen MR) is 88.2 cm³/mol. The van der Waals surface area contributed by atoms with Crippen LogP contribution in [0.1, 0.15) is 27.0 Å². The largest absolute Gasteiger partial charge is 0.484 e. The van der Waals surface area contributed by atoms with Crippen LogP contribution < -0.4 is 15.6 Å². The van der Waals surface area contributed by atoms with Gasteiger partial charge in [-0.3, -0.25) is 20.4 Å². The minimum atomic E-state index is -0.489. The number of hydrazine groups is 1. The summed E-state index contributed by atoms with van der Waals surface area (Å²) in [5.74, 6) is -0.421. The van der Waals surface area contributed by atoms with E-state index < -0.39 is 11.8 Å². The highest BCUT2D eigenvalue weighted by Crippen LogP contribution is 2.11. The Kier molecular flexibility index (Phi) is 5.53. The fourth-order valence-electron chi connectivity index (χ4n) is 2.12. The lowest BCUT2D eigenvalue weighted by Gasteiger charge is -2.09. The van der Waals surface area contributed by atoms with Crippen molar-refractivity contribution in [3.63, 3.8) is 0 Å². The third-order valence-electron chi connectivity index (χ3n) is 3.15. The Balaban J connectivity index is 1.82. The van der Waals surface area contributed by atoms with Gasteiger partial charge in [-0.15, -0.1) is 0 Å². The molecule has 2 N–H and O–H groups in total. The molecular formula is C18H17N3O3. The van der Waals surface area contributed by atoms with Crippen molar-refractivity contribution < 1.29 is 14.3 Å². The molecule has 0 atom stereocenters. The van der Waals surface area contributed by atoms with Crippen LogP contribution in [0.3, 0.4) is 0 Å². The molecule has 2 aromatic rings. The molecule has 0 aliphatic carbocycles. The van der Waals surface area contributed by atoms with Crippen molar-refractivity contribution in [2.45, 2.75) is 13.8 Å². The van der Waals surface area contributed by atoms with Gasteiger partial charge in [0.15, 0.2) is 6.61 Å². The number of nitriles is 1. The second-order valence-corrected chi connectivity index (χ2v) is 5.30. The molecule has 122 valence electrons. The van der Waals surface area contributed by atoms with Crippen LogP contribution in [0.25, 0.3) is 0 Å². The van der Waals surface area contributed by atoms with Crippen molar-refractivity contribution in [2.75, 3.05) is 6.61 Å². The van der Waals surface area contributed by atoms with E-state index in [0.29, 0.717) is 16.9 Å². The van der Waals surface area contributed by atoms with Crippen molar-refractivity contribution in [2.24, 2.45) is 0 Å². The van der Waals surface area contributed by atoms with E-state index >= 15 is 0 Å². The summed E-state index contributed by atoms with van der Waals surface area (Å²) in [5, 5.41) is 8.70. The van der Waals surface area contributed by atoms with E-state index in [2.05, 4.69) is 10.9 Å². The number of benzene rings is 2. The highest BCUT2D eigenvalue weighted by Gasteiger charge is 2.09. The molecule has 2 amide bonds. The summed E-state index contributed by atoms with van der Waals surface area (Å²) in [5.41, 5.74) is 7.56. The van der Waals surface area contributed by atoms with E-state index in [-0.39, 0.29) is 6.61 Å². The van der Waals surface area contributed by atoms with Crippen molar-refractivity contribution >= 4 is 11.8 Å². The Morgan fingerprint density at radius 3 is 2.25 bits per heavy atom. The lowest BCUT2D eigenvalue weighted by atomic mass is 10.1. The summed E-state index contributed by atoms with van der Waals surface area (Å²) in [7, 11) is 0. The van der Waals surface area contributed by atoms with E-state index in [4.69, 9.17) is 10.00 Å². The normalized spacial score (nSPS) is 9.71. The molecule has 0 heterocycles. The maximum absolute atomic E-state index is 12.0. The monoisotopic (exact) mass is 323 g/mol. The third kappa shape index (κ3) is 4.85. The number of amides is 2. The number of ether oxygens (including phenoxy) is 1. The number of carbonyl (C=O) groups excluding carboxylic acids is 2. The van der Waals surface area contributed by atoms with Crippen molar-refractivity contribution in [3.8, 4) is 11.8 Å². The van der Waals surface area contributed by atoms with Gasteiger partial charge in [0, 0.05) is 5.56 Å². The number of nitrogens with one attached hydrogen (secondary N) is 2. The van der Waals surface area contributed by atoms with Crippen LogP contribution in [0.4, 0.5) is 0 Å². The zero-order chi connectivity index (χ0) is 17.5. The SMILES string of the molecule is Cc1cc(C)cc(C(=O)NNC(=O)COc2ccc(C#N)cc2)c1. The molecule has 0 aromatic heterocycles. The van der Waals surface area contributed by atoms with Crippen LogP contribution in [0.5, 0.6) is 5.75 Å². The van der Waals surface area contributed by atoms with Gasteiger partial charge in [-0.25, -0.2) is 0 Å². The van der Waals surface area contributed by atoms with E-state index in [1.807, 2.05) is 26.0 Å². The summed E-state index contributed by atoms with van der Waals surface area (Å²) in [4.78, 5) is 23.7. The molecule has 0 spiro atoms. The van der Waals surface area contributed by atoms with Crippen LogP contribution in [0.15, 0.2) is 42.5 Å². The molecule has 0 saturated heterocycles. The first-order chi connectivity index (χ1) is 11.5. The molecule has 6 nitrogen and oxygen atoms in total. The summed E-state index contributed by atoms with van der Waals surface area (Å²) < 4.78 is 5.27. The Labute approximate surface area is 140 Å². The maximum atomic E-state index is 12.0. The smallest absolute Gasteiger partial charge is 0.276 e. The van der Waals surface area contributed by atoms with E-state index in [0.717, 1.165) is 11.1 Å². The highest BCUT2D eigenvalue weighted by molar-refractivity contribution is 5.95. The Bertz CT molecular complexity index is 772. The summed E-state index contributed by atoms with van der Waals surface area (Å²) in [6.45, 7) is 3.54. The number of rotatable bonds is 4. The molecule has 24 heavy (non-hydrogen) atoms. The predicted octanol–water partition coefficient (Wildman–Crippen LogP) is 2.02. The second kappa shape index (κ2) is 7.79. The molecule has 2 rings (SSSR count). The second-order valence-electron chi connectivity index (χ2n) is 5.30. The third-order valence-corrected chi connectivity index (χ3v) is 3.15. The quantitative estimate of drug-likeness (QED) is 0.842. The van der Waals surface area contributed by atoms with E-state index in [9.17, 15) is 9.59 Å². The van der Waals surface area contributed by atoms with Crippen LogP contribution >= 0.6 is 0 Å². The van der Waals surface area contributed by atoms with Crippen molar-refractivity contribution in [3.05, 3.63) is 64.7 Å². The summed E-state index contributed by atoms with van der Waals surface area (Å²) in [6.07, 6.45) is 0. The van der Waals surface area contributed by atoms with Gasteiger partial charge in [0.2, 0.25) is 0 Å². The van der Waals surface area contributed by atoms with Gasteiger partial charge in [0.25, 0.3) is 11.8 Å². The number of hydrogen-bond donors (Lipinski definition) is 2. The first-order valence-corrected chi connectivity index (χ1v) is 7.28. The maximum Gasteiger partial charge on any atom is 0.276 e. The Morgan fingerprint density at radius 2 is 1.67 bits per heavy atom. The van der Waals surface area contributed by atoms with Gasteiger partial charge in [-0.2, -0.15) is 5.26 Å². The van der Waals surface area contributed by atoms with Gasteiger partial charge in [0.05, 0.1) is 11.6 Å². The number of aryl methyl sites for hydroxylation is 2. The fourth-order valence-corrected chi connectivity index (χ4v) is 2.12. The molecule has 6 heteroatoms. The topological polar surface area (TPSA) is 91.2 Å². The number of hydrogen-bond acceptors (Lipinski definition) is 4. The first kappa shape index (κ1) is 17.0. The first-order valence-electron chi connectivity index (χ1n) is 7.28. The summed E-state index contributed by atoms with van der Waals surface area (Å²) in [6, 6.07) is 13.8. The van der Waals surface area contributed by atoms with E-state index in [1.165, 1.54) is 0 Å². The molecular weight excluding hydrogens is 306 g/mol. The zero-order valence-corrected chi connectivity index (χ0v) is 13.4. The average Bonchev–Trinajstić information content (AvgIpc) is 2.57. The Morgan fingerprint density at radius 1 is 1.04 bits per heavy atom. The number of nitrogens with zero attached hydrogens (tertiary/aromatic N) is 1. The van der Waals surface area contributed by atoms with Crippen molar-refractivity contribution in [1.29, 1.82) is 5.26 Å². The molecule has 2 aromatic carbocycles. The zero-order valence-electron chi connectivity index (χ0n) is 13.4. The lowest BCUT2D eigenvalue weighted by molar-refractivity contribution is -0.123. The molecule has 0 unspecified atom stereocenters. The minimum absolute atomic E-state index is 0.251. The molecule has 0 fully saturated rings. The molecule has 0 bridgehead atoms. The van der Waals surface area contributed by atoms with Gasteiger partial charge in [-0.1, -0.05) is 17.2 Å². The van der Waals surface area contributed by atoms with Gasteiger partial charge in [-0.05, 0) is 50.2 Å². The summed E-state index contributed by atoms with van der Waals surface area (Å²) >= 11 is 0. The van der Waals surface area contributed by atoms with Crippen LogP contribution in [-0.2, 0) is 4.79 Å². The fraction of sp³-hybridized carbons (Fsp3) is 0.167. The minimum Gasteiger partial charge on any atom is -0.484 e. The van der Waals surface area contributed by atoms with Crippen LogP contribution in [0.2, 0.25) is 0 Å². The van der Waals surface area contributed by atoms with E-state index in [1.54, 1.807) is 36.4 Å². The van der Waals surface area contributed by atoms with Crippen LogP contribution in [-0.4, -0.2) is 18.4 Å². The average molecular weight is 323 g/mol. The van der Waals surface area contributed by atoms with Crippen LogP contribution in [0, 0.1) is 25.2 Å². The molecule has 0 aliphatic rings. The Hall–Kier alpha value is -3.33. The van der Waals surface area contributed by atoms with Gasteiger partial charge >= 0.3 is 0 Å².